The van der Waals surface area contributed by atoms with E-state index in [1.807, 2.05) is 6.92 Å². The molecule has 0 saturated heterocycles. The van der Waals surface area contributed by atoms with Crippen molar-refractivity contribution in [1.29, 1.82) is 0 Å². The van der Waals surface area contributed by atoms with E-state index in [-0.39, 0.29) is 0 Å². The van der Waals surface area contributed by atoms with Crippen molar-refractivity contribution in [2.24, 2.45) is 0 Å². The van der Waals surface area contributed by atoms with E-state index in [2.05, 4.69) is 26.9 Å². The summed E-state index contributed by atoms with van der Waals surface area (Å²) in [5.74, 6) is 0.889. The lowest BCUT2D eigenvalue weighted by Gasteiger charge is -1.93. The van der Waals surface area contributed by atoms with E-state index in [1.54, 1.807) is 6.33 Å². The van der Waals surface area contributed by atoms with Gasteiger partial charge in [-0.2, -0.15) is 0 Å². The Morgan fingerprint density at radius 3 is 3.00 bits per heavy atom. The molecule has 62 valence electrons. The SMILES string of the molecule is CCc1ncnc2[nH]c(C)nc12. The number of aromatic nitrogens is 4. The first-order valence-corrected chi connectivity index (χ1v) is 3.97. The Morgan fingerprint density at radius 2 is 2.25 bits per heavy atom. The maximum Gasteiger partial charge on any atom is 0.161 e. The molecule has 0 aliphatic heterocycles. The van der Waals surface area contributed by atoms with Crippen molar-refractivity contribution in [3.05, 3.63) is 17.8 Å². The normalized spacial score (nSPS) is 10.8. The van der Waals surface area contributed by atoms with Gasteiger partial charge in [0.15, 0.2) is 5.65 Å². The van der Waals surface area contributed by atoms with Gasteiger partial charge >= 0.3 is 0 Å². The Bertz CT molecular complexity index is 404. The van der Waals surface area contributed by atoms with Crippen molar-refractivity contribution in [3.63, 3.8) is 0 Å². The molecule has 0 bridgehead atoms. The van der Waals surface area contributed by atoms with E-state index in [4.69, 9.17) is 0 Å². The molecule has 0 saturated carbocycles. The quantitative estimate of drug-likeness (QED) is 0.686. The molecule has 2 aromatic heterocycles. The molecule has 0 fully saturated rings. The summed E-state index contributed by atoms with van der Waals surface area (Å²) in [4.78, 5) is 15.6. The number of rotatable bonds is 1. The number of nitrogens with zero attached hydrogens (tertiary/aromatic N) is 3. The van der Waals surface area contributed by atoms with Gasteiger partial charge in [0.2, 0.25) is 0 Å². The third-order valence-corrected chi connectivity index (χ3v) is 1.81. The fourth-order valence-corrected chi connectivity index (χ4v) is 1.25. The second kappa shape index (κ2) is 2.55. The first-order valence-electron chi connectivity index (χ1n) is 3.97. The van der Waals surface area contributed by atoms with Crippen LogP contribution in [0.2, 0.25) is 0 Å². The highest BCUT2D eigenvalue weighted by Crippen LogP contribution is 2.11. The maximum atomic E-state index is 4.30. The van der Waals surface area contributed by atoms with Crippen LogP contribution in [0, 0.1) is 6.92 Å². The topological polar surface area (TPSA) is 54.5 Å². The lowest BCUT2D eigenvalue weighted by molar-refractivity contribution is 1.02. The van der Waals surface area contributed by atoms with E-state index in [0.717, 1.165) is 29.1 Å². The molecule has 0 aliphatic carbocycles. The van der Waals surface area contributed by atoms with Crippen LogP contribution in [0.15, 0.2) is 6.33 Å². The number of nitrogens with one attached hydrogen (secondary N) is 1. The predicted octanol–water partition coefficient (Wildman–Crippen LogP) is 1.22. The van der Waals surface area contributed by atoms with Crippen molar-refractivity contribution in [3.8, 4) is 0 Å². The number of H-pyrrole nitrogens is 1. The molecule has 0 unspecified atom stereocenters. The van der Waals surface area contributed by atoms with Crippen LogP contribution < -0.4 is 0 Å². The number of fused-ring (bicyclic) bond motifs is 1. The van der Waals surface area contributed by atoms with Gasteiger partial charge in [0.25, 0.3) is 0 Å². The summed E-state index contributed by atoms with van der Waals surface area (Å²) in [6.45, 7) is 3.98. The molecule has 0 atom stereocenters. The molecule has 12 heavy (non-hydrogen) atoms. The lowest BCUT2D eigenvalue weighted by Crippen LogP contribution is -1.89. The van der Waals surface area contributed by atoms with E-state index < -0.39 is 0 Å². The van der Waals surface area contributed by atoms with Crippen LogP contribution >= 0.6 is 0 Å². The van der Waals surface area contributed by atoms with Crippen molar-refractivity contribution in [2.75, 3.05) is 0 Å². The molecule has 2 aromatic rings. The second-order valence-electron chi connectivity index (χ2n) is 2.69. The van der Waals surface area contributed by atoms with Gasteiger partial charge in [-0.1, -0.05) is 6.92 Å². The number of aromatic amines is 1. The van der Waals surface area contributed by atoms with Gasteiger partial charge in [-0.25, -0.2) is 15.0 Å². The van der Waals surface area contributed by atoms with Crippen molar-refractivity contribution in [2.45, 2.75) is 20.3 Å². The summed E-state index contributed by atoms with van der Waals surface area (Å²) in [7, 11) is 0. The summed E-state index contributed by atoms with van der Waals surface area (Å²) >= 11 is 0. The average Bonchev–Trinajstić information content (AvgIpc) is 2.44. The number of imidazole rings is 1. The summed E-state index contributed by atoms with van der Waals surface area (Å²) in [6.07, 6.45) is 2.46. The maximum absolute atomic E-state index is 4.30. The van der Waals surface area contributed by atoms with Crippen LogP contribution in [-0.4, -0.2) is 19.9 Å². The first-order chi connectivity index (χ1) is 5.81. The number of hydrogen-bond acceptors (Lipinski definition) is 3. The fraction of sp³-hybridized carbons (Fsp3) is 0.375. The smallest absolute Gasteiger partial charge is 0.161 e. The van der Waals surface area contributed by atoms with Gasteiger partial charge < -0.3 is 4.98 Å². The molecule has 1 N–H and O–H groups in total. The summed E-state index contributed by atoms with van der Waals surface area (Å²) in [5, 5.41) is 0. The fourth-order valence-electron chi connectivity index (χ4n) is 1.25. The molecule has 2 rings (SSSR count). The minimum Gasteiger partial charge on any atom is -0.327 e. The van der Waals surface area contributed by atoms with E-state index >= 15 is 0 Å². The zero-order valence-corrected chi connectivity index (χ0v) is 7.13. The first kappa shape index (κ1) is 7.21. The van der Waals surface area contributed by atoms with Gasteiger partial charge in [-0.05, 0) is 13.3 Å². The standard InChI is InChI=1S/C8H10N4/c1-3-6-7-8(10-4-9-6)12-5(2)11-7/h4H,3H2,1-2H3,(H,9,10,11,12). The van der Waals surface area contributed by atoms with Crippen LogP contribution in [0.1, 0.15) is 18.4 Å². The molecule has 0 aromatic carbocycles. The second-order valence-corrected chi connectivity index (χ2v) is 2.69. The number of aryl methyl sites for hydroxylation is 2. The van der Waals surface area contributed by atoms with Gasteiger partial charge in [0.05, 0.1) is 5.69 Å². The van der Waals surface area contributed by atoms with E-state index in [0.29, 0.717) is 0 Å². The third-order valence-electron chi connectivity index (χ3n) is 1.81. The van der Waals surface area contributed by atoms with Crippen LogP contribution in [0.5, 0.6) is 0 Å². The minimum absolute atomic E-state index is 0.833. The average molecular weight is 162 g/mol. The largest absolute Gasteiger partial charge is 0.327 e. The monoisotopic (exact) mass is 162 g/mol. The van der Waals surface area contributed by atoms with Gasteiger partial charge in [-0.3, -0.25) is 0 Å². The van der Waals surface area contributed by atoms with Crippen LogP contribution in [0.4, 0.5) is 0 Å². The molecule has 4 nitrogen and oxygen atoms in total. The molecule has 0 amide bonds. The molecule has 4 heteroatoms. The van der Waals surface area contributed by atoms with Crippen molar-refractivity contribution >= 4 is 11.2 Å². The molecular formula is C8H10N4. The highest BCUT2D eigenvalue weighted by Gasteiger charge is 2.04. The molecule has 0 aliphatic rings. The number of hydrogen-bond donors (Lipinski definition) is 1. The molecule has 0 spiro atoms. The minimum atomic E-state index is 0.833. The van der Waals surface area contributed by atoms with Crippen molar-refractivity contribution < 1.29 is 0 Å². The van der Waals surface area contributed by atoms with Gasteiger partial charge in [0, 0.05) is 0 Å². The Kier molecular flexibility index (Phi) is 1.53. The van der Waals surface area contributed by atoms with Crippen LogP contribution in [-0.2, 0) is 6.42 Å². The molecule has 2 heterocycles. The highest BCUT2D eigenvalue weighted by molar-refractivity contribution is 5.72. The Morgan fingerprint density at radius 1 is 1.42 bits per heavy atom. The Balaban J connectivity index is 2.78. The summed E-state index contributed by atoms with van der Waals surface area (Å²) in [5.41, 5.74) is 2.74. The summed E-state index contributed by atoms with van der Waals surface area (Å²) in [6, 6.07) is 0. The highest BCUT2D eigenvalue weighted by atomic mass is 15.0. The zero-order chi connectivity index (χ0) is 8.55. The Hall–Kier alpha value is -1.45. The van der Waals surface area contributed by atoms with E-state index in [9.17, 15) is 0 Å². The Labute approximate surface area is 70.1 Å². The zero-order valence-electron chi connectivity index (χ0n) is 7.13. The van der Waals surface area contributed by atoms with E-state index in [1.165, 1.54) is 0 Å². The van der Waals surface area contributed by atoms with Crippen LogP contribution in [0.3, 0.4) is 0 Å². The molecule has 0 radical (unpaired) electrons. The lowest BCUT2D eigenvalue weighted by atomic mass is 10.3. The summed E-state index contributed by atoms with van der Waals surface area (Å²) < 4.78 is 0. The van der Waals surface area contributed by atoms with Crippen molar-refractivity contribution in [1.82, 2.24) is 19.9 Å². The predicted molar refractivity (Wildman–Crippen MR) is 45.8 cm³/mol. The third kappa shape index (κ3) is 0.958. The molecular weight excluding hydrogens is 152 g/mol. The van der Waals surface area contributed by atoms with Crippen LogP contribution in [0.25, 0.3) is 11.2 Å². The van der Waals surface area contributed by atoms with Gasteiger partial charge in [-0.15, -0.1) is 0 Å². The van der Waals surface area contributed by atoms with Gasteiger partial charge in [0.1, 0.15) is 17.7 Å².